The highest BCUT2D eigenvalue weighted by atomic mass is 16.2. The summed E-state index contributed by atoms with van der Waals surface area (Å²) < 4.78 is 0. The summed E-state index contributed by atoms with van der Waals surface area (Å²) in [6.45, 7) is 5.92. The van der Waals surface area contributed by atoms with Gasteiger partial charge in [0.05, 0.1) is 22.5 Å². The number of nitrogens with one attached hydrogen (secondary N) is 1. The summed E-state index contributed by atoms with van der Waals surface area (Å²) in [5, 5.41) is 2.88. The van der Waals surface area contributed by atoms with Crippen LogP contribution in [0.1, 0.15) is 50.5 Å². The summed E-state index contributed by atoms with van der Waals surface area (Å²) in [6, 6.07) is 8.69. The van der Waals surface area contributed by atoms with Crippen molar-refractivity contribution >= 4 is 23.4 Å². The van der Waals surface area contributed by atoms with Crippen molar-refractivity contribution in [2.24, 2.45) is 0 Å². The Balaban J connectivity index is 1.57. The number of rotatable bonds is 5. The third-order valence-corrected chi connectivity index (χ3v) is 4.45. The fraction of sp³-hybridized carbons (Fsp3) is 0.300. The minimum absolute atomic E-state index is 0.154. The lowest BCUT2D eigenvalue weighted by Gasteiger charge is -2.14. The molecule has 0 radical (unpaired) electrons. The molecule has 2 heterocycles. The highest BCUT2D eigenvalue weighted by molar-refractivity contribution is 6.21. The van der Waals surface area contributed by atoms with Crippen LogP contribution in [0.4, 0.5) is 5.69 Å². The molecule has 3 rings (SSSR count). The van der Waals surface area contributed by atoms with E-state index in [4.69, 9.17) is 0 Å². The SMILES string of the molecule is Cc1cc(C)c(NC(=O)CCCN2C(=O)c3ccccc3C2=O)c(C)n1. The first-order valence-corrected chi connectivity index (χ1v) is 8.58. The summed E-state index contributed by atoms with van der Waals surface area (Å²) in [4.78, 5) is 42.4. The first-order chi connectivity index (χ1) is 12.4. The quantitative estimate of drug-likeness (QED) is 0.840. The predicted molar refractivity (Wildman–Crippen MR) is 98.1 cm³/mol. The fourth-order valence-corrected chi connectivity index (χ4v) is 3.25. The van der Waals surface area contributed by atoms with Crippen molar-refractivity contribution in [2.45, 2.75) is 33.6 Å². The first kappa shape index (κ1) is 17.8. The number of imide groups is 1. The van der Waals surface area contributed by atoms with Gasteiger partial charge in [-0.25, -0.2) is 0 Å². The van der Waals surface area contributed by atoms with E-state index in [1.54, 1.807) is 24.3 Å². The van der Waals surface area contributed by atoms with Crippen LogP contribution in [0.15, 0.2) is 30.3 Å². The molecule has 26 heavy (non-hydrogen) atoms. The summed E-state index contributed by atoms with van der Waals surface area (Å²) in [6.07, 6.45) is 0.634. The van der Waals surface area contributed by atoms with Gasteiger partial charge in [0.15, 0.2) is 0 Å². The number of benzene rings is 1. The second-order valence-corrected chi connectivity index (χ2v) is 6.50. The molecule has 2 aromatic rings. The van der Waals surface area contributed by atoms with Crippen LogP contribution in [-0.4, -0.2) is 34.2 Å². The third kappa shape index (κ3) is 3.35. The average Bonchev–Trinajstić information content (AvgIpc) is 2.83. The maximum atomic E-state index is 12.3. The molecule has 3 amide bonds. The molecule has 1 N–H and O–H groups in total. The number of aromatic nitrogens is 1. The number of pyridine rings is 1. The van der Waals surface area contributed by atoms with Gasteiger partial charge in [-0.05, 0) is 51.0 Å². The van der Waals surface area contributed by atoms with Crippen LogP contribution in [0, 0.1) is 20.8 Å². The fourth-order valence-electron chi connectivity index (χ4n) is 3.25. The number of aryl methyl sites for hydroxylation is 3. The van der Waals surface area contributed by atoms with Gasteiger partial charge in [0.2, 0.25) is 5.91 Å². The number of nitrogens with zero attached hydrogens (tertiary/aromatic N) is 2. The standard InChI is InChI=1S/C20H21N3O3/c1-12-11-13(2)21-14(3)18(12)22-17(24)9-6-10-23-19(25)15-7-4-5-8-16(15)20(23)26/h4-5,7-8,11H,6,9-10H2,1-3H3,(H,22,24). The molecule has 0 saturated carbocycles. The molecule has 134 valence electrons. The Hall–Kier alpha value is -3.02. The van der Waals surface area contributed by atoms with Gasteiger partial charge < -0.3 is 5.32 Å². The smallest absolute Gasteiger partial charge is 0.261 e. The Morgan fingerprint density at radius 1 is 1.08 bits per heavy atom. The monoisotopic (exact) mass is 351 g/mol. The number of hydrogen-bond donors (Lipinski definition) is 1. The van der Waals surface area contributed by atoms with Crippen molar-refractivity contribution in [3.8, 4) is 0 Å². The predicted octanol–water partition coefficient (Wildman–Crippen LogP) is 3.02. The van der Waals surface area contributed by atoms with Crippen molar-refractivity contribution in [2.75, 3.05) is 11.9 Å². The van der Waals surface area contributed by atoms with E-state index in [0.717, 1.165) is 22.6 Å². The van der Waals surface area contributed by atoms with Gasteiger partial charge in [0, 0.05) is 18.7 Å². The van der Waals surface area contributed by atoms with Crippen LogP contribution >= 0.6 is 0 Å². The lowest BCUT2D eigenvalue weighted by Crippen LogP contribution is -2.31. The molecular weight excluding hydrogens is 330 g/mol. The van der Waals surface area contributed by atoms with E-state index in [9.17, 15) is 14.4 Å². The topological polar surface area (TPSA) is 79.4 Å². The van der Waals surface area contributed by atoms with Gasteiger partial charge in [0.25, 0.3) is 11.8 Å². The van der Waals surface area contributed by atoms with Gasteiger partial charge in [-0.1, -0.05) is 12.1 Å². The molecule has 0 unspecified atom stereocenters. The summed E-state index contributed by atoms with van der Waals surface area (Å²) in [5.41, 5.74) is 4.22. The Bertz CT molecular complexity index is 847. The summed E-state index contributed by atoms with van der Waals surface area (Å²) in [7, 11) is 0. The normalized spacial score (nSPS) is 13.1. The molecule has 0 atom stereocenters. The van der Waals surface area contributed by atoms with Gasteiger partial charge in [0.1, 0.15) is 0 Å². The molecule has 0 aliphatic carbocycles. The van der Waals surface area contributed by atoms with E-state index >= 15 is 0 Å². The van der Waals surface area contributed by atoms with E-state index in [2.05, 4.69) is 10.3 Å². The molecule has 0 saturated heterocycles. The Morgan fingerprint density at radius 3 is 2.27 bits per heavy atom. The van der Waals surface area contributed by atoms with Crippen LogP contribution in [0.25, 0.3) is 0 Å². The zero-order chi connectivity index (χ0) is 18.8. The Kier molecular flexibility index (Phi) is 4.84. The van der Waals surface area contributed by atoms with Gasteiger partial charge in [-0.2, -0.15) is 0 Å². The number of fused-ring (bicyclic) bond motifs is 1. The van der Waals surface area contributed by atoms with Crippen molar-refractivity contribution in [3.63, 3.8) is 0 Å². The van der Waals surface area contributed by atoms with Gasteiger partial charge in [-0.15, -0.1) is 0 Å². The van der Waals surface area contributed by atoms with Crippen molar-refractivity contribution in [1.82, 2.24) is 9.88 Å². The van der Waals surface area contributed by atoms with Crippen molar-refractivity contribution in [3.05, 3.63) is 58.4 Å². The average molecular weight is 351 g/mol. The maximum Gasteiger partial charge on any atom is 0.261 e. The van der Waals surface area contributed by atoms with Crippen molar-refractivity contribution < 1.29 is 14.4 Å². The molecule has 6 heteroatoms. The summed E-state index contributed by atoms with van der Waals surface area (Å²) in [5.74, 6) is -0.737. The number of carbonyl (C=O) groups excluding carboxylic acids is 3. The molecular formula is C20H21N3O3. The zero-order valence-electron chi connectivity index (χ0n) is 15.1. The molecule has 1 aromatic carbocycles. The van der Waals surface area contributed by atoms with Crippen LogP contribution in [0.5, 0.6) is 0 Å². The highest BCUT2D eigenvalue weighted by Gasteiger charge is 2.34. The number of hydrogen-bond acceptors (Lipinski definition) is 4. The molecule has 1 aliphatic rings. The summed E-state index contributed by atoms with van der Waals surface area (Å²) >= 11 is 0. The second kappa shape index (κ2) is 7.07. The highest BCUT2D eigenvalue weighted by Crippen LogP contribution is 2.23. The minimum atomic E-state index is -0.291. The number of anilines is 1. The van der Waals surface area contributed by atoms with Crippen molar-refractivity contribution in [1.29, 1.82) is 0 Å². The lowest BCUT2D eigenvalue weighted by molar-refractivity contribution is -0.116. The van der Waals surface area contributed by atoms with Crippen LogP contribution in [0.3, 0.4) is 0 Å². The molecule has 0 fully saturated rings. The van der Waals surface area contributed by atoms with Crippen LogP contribution in [0.2, 0.25) is 0 Å². The van der Waals surface area contributed by atoms with Crippen LogP contribution < -0.4 is 5.32 Å². The number of carbonyl (C=O) groups is 3. The largest absolute Gasteiger partial charge is 0.324 e. The van der Waals surface area contributed by atoms with E-state index in [1.807, 2.05) is 26.8 Å². The van der Waals surface area contributed by atoms with E-state index in [-0.39, 0.29) is 30.7 Å². The molecule has 0 bridgehead atoms. The molecule has 6 nitrogen and oxygen atoms in total. The van der Waals surface area contributed by atoms with E-state index in [1.165, 1.54) is 4.90 Å². The van der Waals surface area contributed by atoms with Gasteiger partial charge >= 0.3 is 0 Å². The minimum Gasteiger partial charge on any atom is -0.324 e. The third-order valence-electron chi connectivity index (χ3n) is 4.45. The molecule has 0 spiro atoms. The Morgan fingerprint density at radius 2 is 1.69 bits per heavy atom. The molecule has 1 aliphatic heterocycles. The maximum absolute atomic E-state index is 12.3. The van der Waals surface area contributed by atoms with Gasteiger partial charge in [-0.3, -0.25) is 24.3 Å². The van der Waals surface area contributed by atoms with E-state index < -0.39 is 0 Å². The van der Waals surface area contributed by atoms with Crippen LogP contribution in [-0.2, 0) is 4.79 Å². The lowest BCUT2D eigenvalue weighted by atomic mass is 10.1. The first-order valence-electron chi connectivity index (χ1n) is 8.58. The molecule has 1 aromatic heterocycles. The number of amides is 3. The van der Waals surface area contributed by atoms with E-state index in [0.29, 0.717) is 17.5 Å². The zero-order valence-corrected chi connectivity index (χ0v) is 15.1. The Labute approximate surface area is 152 Å². The second-order valence-electron chi connectivity index (χ2n) is 6.50.